The fraction of sp³-hybridized carbons (Fsp3) is 0.353. The Bertz CT molecular complexity index is 624. The maximum atomic E-state index is 9.17. The summed E-state index contributed by atoms with van der Waals surface area (Å²) < 4.78 is 0. The van der Waals surface area contributed by atoms with Crippen LogP contribution >= 0.6 is 0 Å². The van der Waals surface area contributed by atoms with Crippen LogP contribution in [0.2, 0.25) is 0 Å². The molecule has 102 valence electrons. The van der Waals surface area contributed by atoms with Crippen molar-refractivity contribution in [2.45, 2.75) is 39.5 Å². The van der Waals surface area contributed by atoms with Crippen LogP contribution < -0.4 is 0 Å². The number of rotatable bonds is 4. The molecule has 3 nitrogen and oxygen atoms in total. The van der Waals surface area contributed by atoms with Crippen LogP contribution in [0.5, 0.6) is 0 Å². The first-order valence-corrected chi connectivity index (χ1v) is 7.02. The largest absolute Gasteiger partial charge is 0.237 e. The Balaban J connectivity index is 2.43. The third-order valence-corrected chi connectivity index (χ3v) is 3.41. The van der Waals surface area contributed by atoms with E-state index in [0.29, 0.717) is 5.82 Å². The molecule has 0 aliphatic rings. The van der Waals surface area contributed by atoms with Crippen molar-refractivity contribution >= 4 is 0 Å². The molecule has 0 saturated heterocycles. The lowest BCUT2D eigenvalue weighted by Crippen LogP contribution is -2.04. The average Bonchev–Trinajstić information content (AvgIpc) is 2.48. The number of aromatic nitrogens is 2. The van der Waals surface area contributed by atoms with Gasteiger partial charge in [0.05, 0.1) is 11.8 Å². The van der Waals surface area contributed by atoms with Gasteiger partial charge in [-0.2, -0.15) is 5.26 Å². The molecule has 0 aliphatic heterocycles. The van der Waals surface area contributed by atoms with Gasteiger partial charge in [-0.05, 0) is 31.4 Å². The summed E-state index contributed by atoms with van der Waals surface area (Å²) in [6.07, 6.45) is 1.76. The SMILES string of the molecule is CCc1ccc(-c2cc(C)nc(C(C#N)CC)n2)cc1. The highest BCUT2D eigenvalue weighted by Crippen LogP contribution is 2.22. The van der Waals surface area contributed by atoms with Crippen molar-refractivity contribution in [2.75, 3.05) is 0 Å². The van der Waals surface area contributed by atoms with Crippen LogP contribution in [0.25, 0.3) is 11.3 Å². The minimum Gasteiger partial charge on any atom is -0.237 e. The Labute approximate surface area is 120 Å². The Morgan fingerprint density at radius 1 is 1.15 bits per heavy atom. The van der Waals surface area contributed by atoms with E-state index in [1.807, 2.05) is 19.9 Å². The van der Waals surface area contributed by atoms with Crippen LogP contribution in [0.3, 0.4) is 0 Å². The predicted molar refractivity (Wildman–Crippen MR) is 80.2 cm³/mol. The Morgan fingerprint density at radius 2 is 1.85 bits per heavy atom. The molecule has 0 bridgehead atoms. The van der Waals surface area contributed by atoms with E-state index in [9.17, 15) is 5.26 Å². The van der Waals surface area contributed by atoms with Gasteiger partial charge in [-0.1, -0.05) is 38.1 Å². The van der Waals surface area contributed by atoms with Crippen LogP contribution in [0.4, 0.5) is 0 Å². The van der Waals surface area contributed by atoms with Crippen molar-refractivity contribution in [3.05, 3.63) is 47.4 Å². The number of aryl methyl sites for hydroxylation is 2. The van der Waals surface area contributed by atoms with Crippen LogP contribution in [-0.2, 0) is 6.42 Å². The zero-order chi connectivity index (χ0) is 14.5. The standard InChI is InChI=1S/C17H19N3/c1-4-13-6-8-15(9-7-13)16-10-12(3)19-17(20-16)14(5-2)11-18/h6-10,14H,4-5H2,1-3H3. The quantitative estimate of drug-likeness (QED) is 0.838. The predicted octanol–water partition coefficient (Wildman–Crippen LogP) is 4.03. The minimum absolute atomic E-state index is 0.233. The van der Waals surface area contributed by atoms with E-state index >= 15 is 0 Å². The van der Waals surface area contributed by atoms with Gasteiger partial charge in [-0.3, -0.25) is 0 Å². The molecule has 20 heavy (non-hydrogen) atoms. The molecule has 1 aromatic carbocycles. The van der Waals surface area contributed by atoms with Crippen molar-refractivity contribution in [3.63, 3.8) is 0 Å². The van der Waals surface area contributed by atoms with Crippen LogP contribution in [-0.4, -0.2) is 9.97 Å². The molecule has 0 amide bonds. The highest BCUT2D eigenvalue weighted by atomic mass is 14.9. The van der Waals surface area contributed by atoms with Crippen LogP contribution in [0.1, 0.15) is 43.3 Å². The number of hydrogen-bond acceptors (Lipinski definition) is 3. The number of benzene rings is 1. The van der Waals surface area contributed by atoms with Gasteiger partial charge in [-0.15, -0.1) is 0 Å². The smallest absolute Gasteiger partial charge is 0.146 e. The topological polar surface area (TPSA) is 49.6 Å². The van der Waals surface area contributed by atoms with Gasteiger partial charge in [0.2, 0.25) is 0 Å². The second kappa shape index (κ2) is 6.29. The fourth-order valence-electron chi connectivity index (χ4n) is 2.14. The summed E-state index contributed by atoms with van der Waals surface area (Å²) in [5.41, 5.74) is 4.17. The molecule has 0 radical (unpaired) electrons. The third kappa shape index (κ3) is 3.03. The molecule has 1 heterocycles. The summed E-state index contributed by atoms with van der Waals surface area (Å²) in [7, 11) is 0. The van der Waals surface area contributed by atoms with Crippen LogP contribution in [0, 0.1) is 18.3 Å². The zero-order valence-corrected chi connectivity index (χ0v) is 12.2. The fourth-order valence-corrected chi connectivity index (χ4v) is 2.14. The molecule has 0 fully saturated rings. The lowest BCUT2D eigenvalue weighted by atomic mass is 10.0. The summed E-state index contributed by atoms with van der Waals surface area (Å²) in [6.45, 7) is 6.06. The van der Waals surface area contributed by atoms with E-state index < -0.39 is 0 Å². The molecule has 3 heteroatoms. The second-order valence-electron chi connectivity index (χ2n) is 4.89. The van der Waals surface area contributed by atoms with Gasteiger partial charge in [0.25, 0.3) is 0 Å². The van der Waals surface area contributed by atoms with E-state index in [-0.39, 0.29) is 5.92 Å². The molecule has 2 aromatic rings. The third-order valence-electron chi connectivity index (χ3n) is 3.41. The zero-order valence-electron chi connectivity index (χ0n) is 12.2. The van der Waals surface area contributed by atoms with Crippen molar-refractivity contribution in [2.24, 2.45) is 0 Å². The van der Waals surface area contributed by atoms with Crippen molar-refractivity contribution in [3.8, 4) is 17.3 Å². The van der Waals surface area contributed by atoms with E-state index in [4.69, 9.17) is 0 Å². The van der Waals surface area contributed by atoms with E-state index in [2.05, 4.69) is 47.2 Å². The maximum absolute atomic E-state index is 9.17. The first-order valence-electron chi connectivity index (χ1n) is 7.02. The molecule has 2 rings (SSSR count). The van der Waals surface area contributed by atoms with E-state index in [1.165, 1.54) is 5.56 Å². The van der Waals surface area contributed by atoms with Gasteiger partial charge in [0.15, 0.2) is 0 Å². The summed E-state index contributed by atoms with van der Waals surface area (Å²) >= 11 is 0. The van der Waals surface area contributed by atoms with Crippen molar-refractivity contribution < 1.29 is 0 Å². The Kier molecular flexibility index (Phi) is 4.47. The molecular formula is C17H19N3. The Morgan fingerprint density at radius 3 is 2.40 bits per heavy atom. The average molecular weight is 265 g/mol. The molecular weight excluding hydrogens is 246 g/mol. The van der Waals surface area contributed by atoms with E-state index in [1.54, 1.807) is 0 Å². The molecule has 1 unspecified atom stereocenters. The van der Waals surface area contributed by atoms with Gasteiger partial charge in [0.1, 0.15) is 11.7 Å². The first kappa shape index (κ1) is 14.2. The minimum atomic E-state index is -0.233. The summed E-state index contributed by atoms with van der Waals surface area (Å²) in [5.74, 6) is 0.396. The van der Waals surface area contributed by atoms with Gasteiger partial charge < -0.3 is 0 Å². The molecule has 0 aliphatic carbocycles. The molecule has 0 spiro atoms. The maximum Gasteiger partial charge on any atom is 0.146 e. The Hall–Kier alpha value is -2.21. The van der Waals surface area contributed by atoms with Gasteiger partial charge in [0, 0.05) is 11.3 Å². The van der Waals surface area contributed by atoms with E-state index in [0.717, 1.165) is 29.8 Å². The van der Waals surface area contributed by atoms with Gasteiger partial charge >= 0.3 is 0 Å². The molecule has 0 N–H and O–H groups in total. The molecule has 1 aromatic heterocycles. The van der Waals surface area contributed by atoms with Crippen molar-refractivity contribution in [1.82, 2.24) is 9.97 Å². The lowest BCUT2D eigenvalue weighted by molar-refractivity contribution is 0.746. The lowest BCUT2D eigenvalue weighted by Gasteiger charge is -2.09. The summed E-state index contributed by atoms with van der Waals surface area (Å²) in [6, 6.07) is 12.6. The highest BCUT2D eigenvalue weighted by molar-refractivity contribution is 5.59. The molecule has 0 saturated carbocycles. The summed E-state index contributed by atoms with van der Waals surface area (Å²) in [5, 5.41) is 9.17. The van der Waals surface area contributed by atoms with Gasteiger partial charge in [-0.25, -0.2) is 9.97 Å². The second-order valence-corrected chi connectivity index (χ2v) is 4.89. The number of hydrogen-bond donors (Lipinski definition) is 0. The monoisotopic (exact) mass is 265 g/mol. The highest BCUT2D eigenvalue weighted by Gasteiger charge is 2.13. The first-order chi connectivity index (χ1) is 9.67. The number of nitriles is 1. The molecule has 1 atom stereocenters. The number of nitrogens with zero attached hydrogens (tertiary/aromatic N) is 3. The van der Waals surface area contributed by atoms with Crippen LogP contribution in [0.15, 0.2) is 30.3 Å². The van der Waals surface area contributed by atoms with Crippen molar-refractivity contribution in [1.29, 1.82) is 5.26 Å². The summed E-state index contributed by atoms with van der Waals surface area (Å²) in [4.78, 5) is 8.97. The normalized spacial score (nSPS) is 11.9.